The molecule has 32 heavy (non-hydrogen) atoms. The molecule has 0 radical (unpaired) electrons. The second-order valence-electron chi connectivity index (χ2n) is 9.69. The van der Waals surface area contributed by atoms with Gasteiger partial charge >= 0.3 is 0 Å². The van der Waals surface area contributed by atoms with E-state index in [-0.39, 0.29) is 11.4 Å². The molecule has 0 unspecified atom stereocenters. The molecule has 4 bridgehead atoms. The highest BCUT2D eigenvalue weighted by Crippen LogP contribution is 2.56. The summed E-state index contributed by atoms with van der Waals surface area (Å²) in [4.78, 5) is 16.9. The minimum atomic E-state index is -0.205. The molecule has 4 fully saturated rings. The van der Waals surface area contributed by atoms with E-state index in [9.17, 15) is 4.79 Å². The first kappa shape index (κ1) is 20.9. The summed E-state index contributed by atoms with van der Waals surface area (Å²) in [7, 11) is 3.19. The number of rotatable bonds is 7. The lowest BCUT2D eigenvalue weighted by atomic mass is 9.53. The van der Waals surface area contributed by atoms with Gasteiger partial charge in [-0.15, -0.1) is 0 Å². The Morgan fingerprint density at radius 1 is 1.00 bits per heavy atom. The number of ether oxygens (including phenoxy) is 2. The van der Waals surface area contributed by atoms with Crippen LogP contribution in [0.2, 0.25) is 0 Å². The second-order valence-corrected chi connectivity index (χ2v) is 9.69. The number of amides is 1. The Hall–Kier alpha value is -3.02. The van der Waals surface area contributed by atoms with Crippen molar-refractivity contribution in [3.05, 3.63) is 48.2 Å². The normalized spacial score (nSPS) is 28.0. The summed E-state index contributed by atoms with van der Waals surface area (Å²) in [6, 6.07) is 9.41. The van der Waals surface area contributed by atoms with Gasteiger partial charge in [0, 0.05) is 11.6 Å². The maximum atomic E-state index is 12.3. The van der Waals surface area contributed by atoms with E-state index in [4.69, 9.17) is 9.47 Å². The van der Waals surface area contributed by atoms with E-state index >= 15 is 0 Å². The number of pyridine rings is 1. The van der Waals surface area contributed by atoms with Crippen molar-refractivity contribution in [2.75, 3.05) is 24.9 Å². The molecule has 6 nitrogen and oxygen atoms in total. The van der Waals surface area contributed by atoms with Gasteiger partial charge in [0.05, 0.1) is 26.1 Å². The van der Waals surface area contributed by atoms with Crippen LogP contribution in [0.4, 0.5) is 11.5 Å². The highest BCUT2D eigenvalue weighted by Gasteiger charge is 2.51. The Morgan fingerprint density at radius 3 is 2.28 bits per heavy atom. The zero-order valence-electron chi connectivity index (χ0n) is 18.8. The Morgan fingerprint density at radius 2 is 1.69 bits per heavy atom. The molecule has 2 aromatic rings. The summed E-state index contributed by atoms with van der Waals surface area (Å²) in [5.74, 6) is 4.66. The summed E-state index contributed by atoms with van der Waals surface area (Å²) in [6.45, 7) is 0. The zero-order chi connectivity index (χ0) is 22.1. The van der Waals surface area contributed by atoms with E-state index in [1.807, 2.05) is 30.3 Å². The Labute approximate surface area is 189 Å². The largest absolute Gasteiger partial charge is 0.493 e. The third-order valence-electron chi connectivity index (χ3n) is 7.30. The van der Waals surface area contributed by atoms with Gasteiger partial charge in [-0.25, -0.2) is 4.98 Å². The number of hydrogen-bond donors (Lipinski definition) is 2. The minimum Gasteiger partial charge on any atom is -0.493 e. The van der Waals surface area contributed by atoms with Crippen molar-refractivity contribution in [1.29, 1.82) is 0 Å². The molecule has 4 saturated carbocycles. The molecule has 6 rings (SSSR count). The van der Waals surface area contributed by atoms with Gasteiger partial charge in [-0.05, 0) is 92.2 Å². The summed E-state index contributed by atoms with van der Waals surface area (Å²) < 4.78 is 10.5. The second kappa shape index (κ2) is 8.49. The van der Waals surface area contributed by atoms with E-state index < -0.39 is 0 Å². The lowest BCUT2D eigenvalue weighted by molar-refractivity contribution is -0.111. The molecule has 0 aliphatic heterocycles. The monoisotopic (exact) mass is 433 g/mol. The van der Waals surface area contributed by atoms with Gasteiger partial charge in [-0.1, -0.05) is 6.07 Å². The average molecular weight is 434 g/mol. The smallest absolute Gasteiger partial charge is 0.248 e. The number of nitrogens with one attached hydrogen (secondary N) is 2. The molecular weight excluding hydrogens is 402 g/mol. The number of carbonyl (C=O) groups is 1. The molecule has 4 aliphatic carbocycles. The van der Waals surface area contributed by atoms with Gasteiger partial charge in [0.2, 0.25) is 5.91 Å². The Bertz CT molecular complexity index is 980. The average Bonchev–Trinajstić information content (AvgIpc) is 2.77. The number of anilines is 2. The van der Waals surface area contributed by atoms with Crippen molar-refractivity contribution in [2.24, 2.45) is 17.8 Å². The molecule has 0 spiro atoms. The summed E-state index contributed by atoms with van der Waals surface area (Å²) in [6.07, 6.45) is 13.1. The van der Waals surface area contributed by atoms with Crippen molar-refractivity contribution in [2.45, 2.75) is 44.1 Å². The molecule has 1 aromatic carbocycles. The zero-order valence-corrected chi connectivity index (χ0v) is 18.8. The van der Waals surface area contributed by atoms with Crippen LogP contribution in [-0.4, -0.2) is 30.6 Å². The SMILES string of the molecule is COc1ccc(/C=C/C(=O)Nc2ccc(NC34CC5CC(CC(C5)C3)C4)nc2)cc1OC. The van der Waals surface area contributed by atoms with Crippen LogP contribution in [0.5, 0.6) is 11.5 Å². The maximum Gasteiger partial charge on any atom is 0.248 e. The van der Waals surface area contributed by atoms with Gasteiger partial charge in [-0.3, -0.25) is 4.79 Å². The van der Waals surface area contributed by atoms with Crippen LogP contribution < -0.4 is 20.1 Å². The minimum absolute atomic E-state index is 0.205. The van der Waals surface area contributed by atoms with E-state index in [0.717, 1.165) is 29.1 Å². The van der Waals surface area contributed by atoms with E-state index in [2.05, 4.69) is 15.6 Å². The fourth-order valence-electron chi connectivity index (χ4n) is 6.39. The van der Waals surface area contributed by atoms with Crippen LogP contribution in [0.3, 0.4) is 0 Å². The van der Waals surface area contributed by atoms with Crippen LogP contribution in [0.25, 0.3) is 6.08 Å². The number of benzene rings is 1. The maximum absolute atomic E-state index is 12.3. The van der Waals surface area contributed by atoms with E-state index in [1.54, 1.807) is 26.5 Å². The van der Waals surface area contributed by atoms with Crippen molar-refractivity contribution in [3.63, 3.8) is 0 Å². The lowest BCUT2D eigenvalue weighted by Crippen LogP contribution is -2.54. The molecule has 1 amide bonds. The molecule has 2 N–H and O–H groups in total. The van der Waals surface area contributed by atoms with Gasteiger partial charge in [0.25, 0.3) is 0 Å². The number of hydrogen-bond acceptors (Lipinski definition) is 5. The van der Waals surface area contributed by atoms with Crippen molar-refractivity contribution < 1.29 is 14.3 Å². The van der Waals surface area contributed by atoms with Gasteiger partial charge in [0.15, 0.2) is 11.5 Å². The molecule has 168 valence electrons. The summed E-state index contributed by atoms with van der Waals surface area (Å²) >= 11 is 0. The first-order valence-electron chi connectivity index (χ1n) is 11.5. The lowest BCUT2D eigenvalue weighted by Gasteiger charge is -2.57. The molecule has 0 atom stereocenters. The molecule has 1 heterocycles. The van der Waals surface area contributed by atoms with Gasteiger partial charge < -0.3 is 20.1 Å². The van der Waals surface area contributed by atoms with E-state index in [0.29, 0.717) is 17.2 Å². The van der Waals surface area contributed by atoms with Crippen LogP contribution in [0, 0.1) is 17.8 Å². The van der Waals surface area contributed by atoms with Gasteiger partial charge in [-0.2, -0.15) is 0 Å². The first-order chi connectivity index (χ1) is 15.5. The molecule has 6 heteroatoms. The predicted molar refractivity (Wildman–Crippen MR) is 126 cm³/mol. The molecule has 0 saturated heterocycles. The number of carbonyl (C=O) groups excluding carboxylic acids is 1. The Balaban J connectivity index is 1.19. The summed E-state index contributed by atoms with van der Waals surface area (Å²) in [5.41, 5.74) is 1.77. The Kier molecular flexibility index (Phi) is 5.53. The highest BCUT2D eigenvalue weighted by atomic mass is 16.5. The quantitative estimate of drug-likeness (QED) is 0.592. The first-order valence-corrected chi connectivity index (χ1v) is 11.5. The standard InChI is InChI=1S/C26H31N3O3/c1-31-22-6-3-17(12-23(22)32-2)4-8-25(30)28-21-5-7-24(27-16-21)29-26-13-18-9-19(14-26)11-20(10-18)15-26/h3-8,12,16,18-20H,9-11,13-15H2,1-2H3,(H,27,29)(H,28,30)/b8-4+. The van der Waals surface area contributed by atoms with Crippen LogP contribution in [0.15, 0.2) is 42.6 Å². The van der Waals surface area contributed by atoms with Crippen molar-refractivity contribution in [1.82, 2.24) is 4.98 Å². The number of nitrogens with zero attached hydrogens (tertiary/aromatic N) is 1. The predicted octanol–water partition coefficient (Wildman–Crippen LogP) is 5.13. The van der Waals surface area contributed by atoms with Crippen LogP contribution in [-0.2, 0) is 4.79 Å². The van der Waals surface area contributed by atoms with Crippen molar-refractivity contribution in [3.8, 4) is 11.5 Å². The topological polar surface area (TPSA) is 72.5 Å². The third-order valence-corrected chi connectivity index (χ3v) is 7.30. The fraction of sp³-hybridized carbons (Fsp3) is 0.462. The molecule has 1 aromatic heterocycles. The summed E-state index contributed by atoms with van der Waals surface area (Å²) in [5, 5.41) is 6.65. The third kappa shape index (κ3) is 4.31. The fourth-order valence-corrected chi connectivity index (χ4v) is 6.39. The van der Waals surface area contributed by atoms with E-state index in [1.165, 1.54) is 44.6 Å². The van der Waals surface area contributed by atoms with Crippen molar-refractivity contribution >= 4 is 23.5 Å². The van der Waals surface area contributed by atoms with Crippen LogP contribution in [0.1, 0.15) is 44.1 Å². The molecule has 4 aliphatic rings. The highest BCUT2D eigenvalue weighted by molar-refractivity contribution is 6.01. The molecular formula is C26H31N3O3. The number of methoxy groups -OCH3 is 2. The van der Waals surface area contributed by atoms with Gasteiger partial charge in [0.1, 0.15) is 5.82 Å². The van der Waals surface area contributed by atoms with Crippen LogP contribution >= 0.6 is 0 Å². The number of aromatic nitrogens is 1.